The van der Waals surface area contributed by atoms with E-state index in [1.165, 1.54) is 0 Å². The monoisotopic (exact) mass is 386 g/mol. The van der Waals surface area contributed by atoms with Crippen molar-refractivity contribution in [1.82, 2.24) is 10.6 Å². The number of alkyl halides is 1. The van der Waals surface area contributed by atoms with Gasteiger partial charge in [-0.3, -0.25) is 9.59 Å². The van der Waals surface area contributed by atoms with Crippen LogP contribution in [0.4, 0.5) is 0 Å². The molecule has 2 aromatic carbocycles. The van der Waals surface area contributed by atoms with E-state index in [0.717, 1.165) is 5.56 Å². The van der Waals surface area contributed by atoms with E-state index in [-0.39, 0.29) is 18.1 Å². The number of hydrogen-bond acceptors (Lipinski definition) is 5. The van der Waals surface area contributed by atoms with Gasteiger partial charge in [-0.2, -0.15) is 0 Å². The van der Waals surface area contributed by atoms with Crippen LogP contribution in [0.1, 0.15) is 15.9 Å². The van der Waals surface area contributed by atoms with Gasteiger partial charge >= 0.3 is 0 Å². The van der Waals surface area contributed by atoms with Gasteiger partial charge < -0.3 is 15.4 Å². The molecular weight excluding hydrogens is 364 g/mol. The van der Waals surface area contributed by atoms with Gasteiger partial charge in [-0.05, 0) is 19.0 Å². The lowest BCUT2D eigenvalue weighted by molar-refractivity contribution is -0.145. The Morgan fingerprint density at radius 2 is 1.78 bits per heavy atom. The average molecular weight is 387 g/mol. The summed E-state index contributed by atoms with van der Waals surface area (Å²) in [6.07, 6.45) is -0.302. The maximum Gasteiger partial charge on any atom is 0.217 e. The highest BCUT2D eigenvalue weighted by Crippen LogP contribution is 2.31. The molecule has 2 aromatic rings. The number of halogens is 1. The van der Waals surface area contributed by atoms with Crippen LogP contribution in [0.5, 0.6) is 0 Å². The average Bonchev–Trinajstić information content (AvgIpc) is 2.70. The summed E-state index contributed by atoms with van der Waals surface area (Å²) < 4.78 is 5.95. The summed E-state index contributed by atoms with van der Waals surface area (Å²) in [6.45, 7) is 0.356. The number of likely N-dealkylation sites (N-methyl/N-ethyl adjacent to an activating group) is 1. The minimum absolute atomic E-state index is 0.0583. The molecule has 0 aromatic heterocycles. The van der Waals surface area contributed by atoms with Gasteiger partial charge in [-0.25, -0.2) is 0 Å². The van der Waals surface area contributed by atoms with Crippen LogP contribution in [0.25, 0.3) is 0 Å². The Balaban J connectivity index is 1.83. The summed E-state index contributed by atoms with van der Waals surface area (Å²) in [7, 11) is 1.67. The molecule has 3 rings (SSSR count). The fraction of sp³-hybridized carbons (Fsp3) is 0.333. The van der Waals surface area contributed by atoms with Crippen molar-refractivity contribution in [3.63, 3.8) is 0 Å². The summed E-state index contributed by atoms with van der Waals surface area (Å²) in [5, 5.41) is 4.48. The lowest BCUT2D eigenvalue weighted by Crippen LogP contribution is -2.65. The number of ether oxygens (including phenoxy) is 1. The third-order valence-corrected chi connectivity index (χ3v) is 5.23. The second-order valence-corrected chi connectivity index (χ2v) is 7.15. The molecule has 1 aliphatic rings. The van der Waals surface area contributed by atoms with E-state index in [4.69, 9.17) is 16.3 Å². The number of Topliss-reactive ketones (excluding diaryl/α,β-unsaturated/α-hetero) is 2. The number of ketones is 2. The molecule has 5 nitrogen and oxygen atoms in total. The minimum atomic E-state index is -1.62. The SMILES string of the molecule is CNCC(=O)C1(Cl)OC(C(=O)c2ccccc2)CNC1Cc1ccccc1. The summed E-state index contributed by atoms with van der Waals surface area (Å²) in [6, 6.07) is 18.2. The Morgan fingerprint density at radius 1 is 1.15 bits per heavy atom. The molecule has 1 saturated heterocycles. The topological polar surface area (TPSA) is 67.4 Å². The molecule has 0 aliphatic carbocycles. The van der Waals surface area contributed by atoms with Crippen LogP contribution in [-0.4, -0.2) is 48.9 Å². The Bertz CT molecular complexity index is 785. The highest BCUT2D eigenvalue weighted by atomic mass is 35.5. The van der Waals surface area contributed by atoms with E-state index in [2.05, 4.69) is 10.6 Å². The molecule has 142 valence electrons. The van der Waals surface area contributed by atoms with Crippen LogP contribution in [0.2, 0.25) is 0 Å². The summed E-state index contributed by atoms with van der Waals surface area (Å²) in [5.41, 5.74) is 1.57. The number of hydrogen-bond donors (Lipinski definition) is 2. The van der Waals surface area contributed by atoms with E-state index in [9.17, 15) is 9.59 Å². The van der Waals surface area contributed by atoms with Crippen LogP contribution in [-0.2, 0) is 16.0 Å². The molecule has 1 fully saturated rings. The van der Waals surface area contributed by atoms with Gasteiger partial charge in [-0.15, -0.1) is 0 Å². The maximum atomic E-state index is 12.8. The summed E-state index contributed by atoms with van der Waals surface area (Å²) in [5.74, 6) is -0.491. The lowest BCUT2D eigenvalue weighted by Gasteiger charge is -2.42. The van der Waals surface area contributed by atoms with Crippen molar-refractivity contribution in [2.75, 3.05) is 20.1 Å². The Kier molecular flexibility index (Phi) is 6.39. The molecule has 1 heterocycles. The van der Waals surface area contributed by atoms with Crippen molar-refractivity contribution in [1.29, 1.82) is 0 Å². The molecule has 0 radical (unpaired) electrons. The first kappa shape index (κ1) is 19.7. The molecular formula is C21H23ClN2O3. The fourth-order valence-corrected chi connectivity index (χ4v) is 3.57. The quantitative estimate of drug-likeness (QED) is 0.564. The van der Waals surface area contributed by atoms with Crippen LogP contribution in [0, 0.1) is 0 Å². The van der Waals surface area contributed by atoms with Gasteiger partial charge in [0.05, 0.1) is 12.6 Å². The highest BCUT2D eigenvalue weighted by molar-refractivity contribution is 6.35. The number of benzene rings is 2. The zero-order chi connectivity index (χ0) is 19.3. The molecule has 2 N–H and O–H groups in total. The van der Waals surface area contributed by atoms with Crippen LogP contribution in [0.15, 0.2) is 60.7 Å². The number of carbonyl (C=O) groups is 2. The third-order valence-electron chi connectivity index (χ3n) is 4.66. The second kappa shape index (κ2) is 8.76. The Hall–Kier alpha value is -2.05. The molecule has 0 amide bonds. The Labute approximate surface area is 164 Å². The molecule has 3 atom stereocenters. The smallest absolute Gasteiger partial charge is 0.217 e. The maximum absolute atomic E-state index is 12.8. The van der Waals surface area contributed by atoms with Crippen molar-refractivity contribution in [2.45, 2.75) is 23.6 Å². The molecule has 0 bridgehead atoms. The highest BCUT2D eigenvalue weighted by Gasteiger charge is 2.50. The predicted molar refractivity (Wildman–Crippen MR) is 105 cm³/mol. The largest absolute Gasteiger partial charge is 0.338 e. The first-order valence-electron chi connectivity index (χ1n) is 8.96. The van der Waals surface area contributed by atoms with Gasteiger partial charge in [0.1, 0.15) is 6.10 Å². The predicted octanol–water partition coefficient (Wildman–Crippen LogP) is 2.19. The molecule has 27 heavy (non-hydrogen) atoms. The number of rotatable bonds is 7. The van der Waals surface area contributed by atoms with Gasteiger partial charge in [-0.1, -0.05) is 72.3 Å². The van der Waals surface area contributed by atoms with Gasteiger partial charge in [0.2, 0.25) is 5.06 Å². The van der Waals surface area contributed by atoms with Crippen molar-refractivity contribution in [3.05, 3.63) is 71.8 Å². The minimum Gasteiger partial charge on any atom is -0.338 e. The number of carbonyl (C=O) groups excluding carboxylic acids is 2. The zero-order valence-electron chi connectivity index (χ0n) is 15.2. The van der Waals surface area contributed by atoms with E-state index in [1.54, 1.807) is 31.3 Å². The lowest BCUT2D eigenvalue weighted by atomic mass is 9.94. The van der Waals surface area contributed by atoms with Gasteiger partial charge in [0.25, 0.3) is 0 Å². The van der Waals surface area contributed by atoms with Crippen LogP contribution >= 0.6 is 11.6 Å². The third kappa shape index (κ3) is 4.45. The van der Waals surface area contributed by atoms with E-state index < -0.39 is 17.2 Å². The van der Waals surface area contributed by atoms with Gasteiger partial charge in [0.15, 0.2) is 11.6 Å². The number of nitrogens with one attached hydrogen (secondary N) is 2. The molecule has 3 unspecified atom stereocenters. The standard InChI is InChI=1S/C21H23ClN2O3/c1-23-14-19(25)21(22)18(12-15-8-4-2-5-9-15)24-13-17(27-21)20(26)16-10-6-3-7-11-16/h2-11,17-18,23-24H,12-14H2,1H3. The molecule has 0 saturated carbocycles. The summed E-state index contributed by atoms with van der Waals surface area (Å²) >= 11 is 6.72. The number of morpholine rings is 1. The summed E-state index contributed by atoms with van der Waals surface area (Å²) in [4.78, 5) is 25.5. The molecule has 0 spiro atoms. The van der Waals surface area contributed by atoms with Crippen LogP contribution < -0.4 is 10.6 Å². The Morgan fingerprint density at radius 3 is 2.41 bits per heavy atom. The van der Waals surface area contributed by atoms with Crippen molar-refractivity contribution < 1.29 is 14.3 Å². The molecule has 6 heteroatoms. The van der Waals surface area contributed by atoms with E-state index in [1.807, 2.05) is 36.4 Å². The van der Waals surface area contributed by atoms with Crippen molar-refractivity contribution in [3.8, 4) is 0 Å². The van der Waals surface area contributed by atoms with E-state index in [0.29, 0.717) is 18.5 Å². The van der Waals surface area contributed by atoms with E-state index >= 15 is 0 Å². The van der Waals surface area contributed by atoms with Crippen molar-refractivity contribution >= 4 is 23.2 Å². The zero-order valence-corrected chi connectivity index (χ0v) is 15.9. The first-order chi connectivity index (χ1) is 13.0. The second-order valence-electron chi connectivity index (χ2n) is 6.59. The van der Waals surface area contributed by atoms with Gasteiger partial charge in [0, 0.05) is 12.1 Å². The van der Waals surface area contributed by atoms with Crippen molar-refractivity contribution in [2.24, 2.45) is 0 Å². The first-order valence-corrected chi connectivity index (χ1v) is 9.33. The molecule has 1 aliphatic heterocycles. The fourth-order valence-electron chi connectivity index (χ4n) is 3.24. The normalized spacial score (nSPS) is 25.1. The van der Waals surface area contributed by atoms with Crippen LogP contribution in [0.3, 0.4) is 0 Å².